The van der Waals surface area contributed by atoms with E-state index in [4.69, 9.17) is 0 Å². The number of hydrogen-bond acceptors (Lipinski definition) is 4. The number of carbonyl (C=O) groups excluding carboxylic acids is 1. The fraction of sp³-hybridized carbons (Fsp3) is 0.588. The maximum atomic E-state index is 12.8. The lowest BCUT2D eigenvalue weighted by Crippen LogP contribution is -2.39. The molecule has 1 fully saturated rings. The molecule has 1 amide bonds. The average molecular weight is 331 g/mol. The smallest absolute Gasteiger partial charge is 0.271 e. The molecule has 2 aliphatic rings. The molecule has 0 saturated heterocycles. The van der Waals surface area contributed by atoms with Crippen molar-refractivity contribution >= 4 is 22.2 Å². The summed E-state index contributed by atoms with van der Waals surface area (Å²) in [6.07, 6.45) is 11.2. The van der Waals surface area contributed by atoms with E-state index in [9.17, 15) is 9.59 Å². The van der Waals surface area contributed by atoms with E-state index in [1.165, 1.54) is 23.9 Å². The van der Waals surface area contributed by atoms with Gasteiger partial charge in [0.15, 0.2) is 4.96 Å². The van der Waals surface area contributed by atoms with Gasteiger partial charge in [-0.3, -0.25) is 14.0 Å². The molecule has 0 unspecified atom stereocenters. The Hall–Kier alpha value is -1.69. The molecule has 4 rings (SSSR count). The van der Waals surface area contributed by atoms with Gasteiger partial charge in [0.2, 0.25) is 0 Å². The lowest BCUT2D eigenvalue weighted by molar-refractivity contribution is 0.0925. The van der Waals surface area contributed by atoms with Crippen LogP contribution in [0.25, 0.3) is 4.96 Å². The molecule has 2 heterocycles. The number of thiazole rings is 1. The van der Waals surface area contributed by atoms with Crippen LogP contribution in [0.1, 0.15) is 65.9 Å². The highest BCUT2D eigenvalue weighted by molar-refractivity contribution is 7.17. The first-order chi connectivity index (χ1) is 11.2. The quantitative estimate of drug-likeness (QED) is 0.920. The summed E-state index contributed by atoms with van der Waals surface area (Å²) in [6, 6.07) is 0.202. The Kier molecular flexibility index (Phi) is 3.93. The predicted octanol–water partition coefficient (Wildman–Crippen LogP) is 2.70. The highest BCUT2D eigenvalue weighted by Gasteiger charge is 2.23. The van der Waals surface area contributed by atoms with Crippen molar-refractivity contribution in [3.05, 3.63) is 32.7 Å². The summed E-state index contributed by atoms with van der Waals surface area (Å²) in [5.41, 5.74) is 1.04. The number of nitrogens with zero attached hydrogens (tertiary/aromatic N) is 2. The number of aryl methyl sites for hydroxylation is 2. The standard InChI is InChI=1S/C17H21N3O2S/c21-15(19-11-6-2-1-3-7-11)12-10-18-17-20(16(12)22)13-8-4-5-9-14(13)23-17/h10-11H,1-9H2,(H,19,21). The van der Waals surface area contributed by atoms with Crippen LogP contribution >= 0.6 is 11.3 Å². The van der Waals surface area contributed by atoms with E-state index in [0.717, 1.165) is 55.6 Å². The first-order valence-electron chi connectivity index (χ1n) is 8.57. The van der Waals surface area contributed by atoms with Gasteiger partial charge in [-0.05, 0) is 38.5 Å². The SMILES string of the molecule is O=C(NC1CCCCC1)c1cnc2sc3c(n2c1=O)CCCC3. The van der Waals surface area contributed by atoms with Crippen LogP contribution in [0.15, 0.2) is 11.0 Å². The fourth-order valence-electron chi connectivity index (χ4n) is 3.73. The first kappa shape index (κ1) is 14.9. The van der Waals surface area contributed by atoms with Crippen molar-refractivity contribution in [3.63, 3.8) is 0 Å². The summed E-state index contributed by atoms with van der Waals surface area (Å²) in [7, 11) is 0. The van der Waals surface area contributed by atoms with Crippen molar-refractivity contribution in [2.24, 2.45) is 0 Å². The van der Waals surface area contributed by atoms with Gasteiger partial charge in [0.05, 0.1) is 0 Å². The molecule has 0 atom stereocenters. The first-order valence-corrected chi connectivity index (χ1v) is 9.39. The zero-order chi connectivity index (χ0) is 15.8. The lowest BCUT2D eigenvalue weighted by Gasteiger charge is -2.22. The number of fused-ring (bicyclic) bond motifs is 3. The Labute approximate surface area is 138 Å². The molecule has 2 aromatic rings. The number of amides is 1. The van der Waals surface area contributed by atoms with Gasteiger partial charge in [0.1, 0.15) is 5.56 Å². The van der Waals surface area contributed by atoms with Crippen molar-refractivity contribution in [2.45, 2.75) is 63.8 Å². The van der Waals surface area contributed by atoms with Crippen molar-refractivity contribution in [3.8, 4) is 0 Å². The van der Waals surface area contributed by atoms with E-state index in [0.29, 0.717) is 0 Å². The number of nitrogens with one attached hydrogen (secondary N) is 1. The predicted molar refractivity (Wildman–Crippen MR) is 90.3 cm³/mol. The number of carbonyl (C=O) groups is 1. The van der Waals surface area contributed by atoms with E-state index in [-0.39, 0.29) is 23.1 Å². The Bertz CT molecular complexity index is 802. The molecule has 6 heteroatoms. The van der Waals surface area contributed by atoms with E-state index >= 15 is 0 Å². The molecule has 5 nitrogen and oxygen atoms in total. The second kappa shape index (κ2) is 6.07. The van der Waals surface area contributed by atoms with Gasteiger partial charge < -0.3 is 5.32 Å². The van der Waals surface area contributed by atoms with Crippen LogP contribution in [0, 0.1) is 0 Å². The Morgan fingerprint density at radius 2 is 1.96 bits per heavy atom. The van der Waals surface area contributed by atoms with Crippen LogP contribution in [0.5, 0.6) is 0 Å². The van der Waals surface area contributed by atoms with E-state index in [1.807, 2.05) is 0 Å². The zero-order valence-electron chi connectivity index (χ0n) is 13.1. The number of rotatable bonds is 2. The monoisotopic (exact) mass is 331 g/mol. The third-order valence-corrected chi connectivity index (χ3v) is 6.14. The van der Waals surface area contributed by atoms with Crippen LogP contribution in [0.4, 0.5) is 0 Å². The molecule has 23 heavy (non-hydrogen) atoms. The molecule has 1 N–H and O–H groups in total. The van der Waals surface area contributed by atoms with Crippen LogP contribution in [-0.4, -0.2) is 21.3 Å². The number of aromatic nitrogens is 2. The topological polar surface area (TPSA) is 63.5 Å². The molecule has 0 aliphatic heterocycles. The second-order valence-electron chi connectivity index (χ2n) is 6.58. The normalized spacial score (nSPS) is 18.8. The van der Waals surface area contributed by atoms with Crippen LogP contribution in [0.3, 0.4) is 0 Å². The van der Waals surface area contributed by atoms with Gasteiger partial charge in [-0.25, -0.2) is 4.98 Å². The van der Waals surface area contributed by atoms with E-state index in [1.54, 1.807) is 15.7 Å². The van der Waals surface area contributed by atoms with Crippen LogP contribution in [0.2, 0.25) is 0 Å². The molecule has 2 aliphatic carbocycles. The molecule has 0 bridgehead atoms. The summed E-state index contributed by atoms with van der Waals surface area (Å²) in [6.45, 7) is 0. The van der Waals surface area contributed by atoms with Crippen LogP contribution < -0.4 is 10.9 Å². The minimum absolute atomic E-state index is 0.180. The summed E-state index contributed by atoms with van der Waals surface area (Å²) < 4.78 is 1.68. The van der Waals surface area contributed by atoms with Crippen molar-refractivity contribution < 1.29 is 4.79 Å². The van der Waals surface area contributed by atoms with E-state index < -0.39 is 0 Å². The molecule has 1 saturated carbocycles. The van der Waals surface area contributed by atoms with Gasteiger partial charge in [-0.2, -0.15) is 0 Å². The van der Waals surface area contributed by atoms with Crippen LogP contribution in [-0.2, 0) is 12.8 Å². The highest BCUT2D eigenvalue weighted by Crippen LogP contribution is 2.28. The van der Waals surface area contributed by atoms with Gasteiger partial charge in [-0.1, -0.05) is 19.3 Å². The average Bonchev–Trinajstić information content (AvgIpc) is 2.95. The number of hydrogen-bond donors (Lipinski definition) is 1. The molecule has 0 radical (unpaired) electrons. The lowest BCUT2D eigenvalue weighted by atomic mass is 9.95. The molecule has 0 aromatic carbocycles. The maximum Gasteiger partial charge on any atom is 0.271 e. The summed E-state index contributed by atoms with van der Waals surface area (Å²) >= 11 is 1.59. The molecule has 2 aromatic heterocycles. The third kappa shape index (κ3) is 2.69. The minimum Gasteiger partial charge on any atom is -0.349 e. The Balaban J connectivity index is 1.68. The largest absolute Gasteiger partial charge is 0.349 e. The fourth-order valence-corrected chi connectivity index (χ4v) is 4.90. The molecular weight excluding hydrogens is 310 g/mol. The van der Waals surface area contributed by atoms with Crippen molar-refractivity contribution in [1.29, 1.82) is 0 Å². The summed E-state index contributed by atoms with van der Waals surface area (Å²) in [4.78, 5) is 31.7. The summed E-state index contributed by atoms with van der Waals surface area (Å²) in [5.74, 6) is -0.264. The maximum absolute atomic E-state index is 12.8. The Morgan fingerprint density at radius 1 is 1.17 bits per heavy atom. The third-order valence-electron chi connectivity index (χ3n) is 4.99. The van der Waals surface area contributed by atoms with E-state index in [2.05, 4.69) is 10.3 Å². The molecule has 0 spiro atoms. The van der Waals surface area contributed by atoms with Crippen molar-refractivity contribution in [2.75, 3.05) is 0 Å². The van der Waals surface area contributed by atoms with Crippen molar-refractivity contribution in [1.82, 2.24) is 14.7 Å². The van der Waals surface area contributed by atoms with Gasteiger partial charge >= 0.3 is 0 Å². The Morgan fingerprint density at radius 3 is 2.78 bits per heavy atom. The summed E-state index contributed by atoms with van der Waals surface area (Å²) in [5, 5.41) is 3.02. The van der Waals surface area contributed by atoms with Gasteiger partial charge in [0.25, 0.3) is 11.5 Å². The zero-order valence-corrected chi connectivity index (χ0v) is 14.0. The van der Waals surface area contributed by atoms with Gasteiger partial charge in [0, 0.05) is 22.8 Å². The highest BCUT2D eigenvalue weighted by atomic mass is 32.1. The minimum atomic E-state index is -0.264. The molecule has 122 valence electrons. The van der Waals surface area contributed by atoms with Gasteiger partial charge in [-0.15, -0.1) is 11.3 Å². The molecular formula is C17H21N3O2S. The second-order valence-corrected chi connectivity index (χ2v) is 7.64.